The summed E-state index contributed by atoms with van der Waals surface area (Å²) in [5.41, 5.74) is 1.70. The van der Waals surface area contributed by atoms with E-state index in [0.29, 0.717) is 24.0 Å². The number of piperidine rings is 1. The molecule has 0 bridgehead atoms. The number of carbonyl (C=O) groups is 1. The van der Waals surface area contributed by atoms with Crippen LogP contribution in [0.15, 0.2) is 60.1 Å². The Bertz CT molecular complexity index is 1330. The van der Waals surface area contributed by atoms with E-state index in [9.17, 15) is 13.2 Å². The summed E-state index contributed by atoms with van der Waals surface area (Å²) >= 11 is 1.60. The number of aromatic nitrogens is 1. The Morgan fingerprint density at radius 2 is 1.70 bits per heavy atom. The number of rotatable bonds is 10. The van der Waals surface area contributed by atoms with E-state index in [-0.39, 0.29) is 24.5 Å². The van der Waals surface area contributed by atoms with Crippen LogP contribution in [-0.4, -0.2) is 60.7 Å². The number of carbonyl (C=O) groups excluding carboxylic acids is 1. The summed E-state index contributed by atoms with van der Waals surface area (Å²) in [6, 6.07) is 15.4. The SMILES string of the molecule is CS(=O)(=O)Nc1ccc(Oc2ccc(CN3CCC(N(Cc4nccs4)C(=O)NC4CCC4)CC3)cc2)cc1.Cl. The number of anilines is 1. The summed E-state index contributed by atoms with van der Waals surface area (Å²) in [6.45, 7) is 3.28. The van der Waals surface area contributed by atoms with Gasteiger partial charge in [-0.2, -0.15) is 0 Å². The first-order valence-electron chi connectivity index (χ1n) is 13.3. The van der Waals surface area contributed by atoms with Crippen LogP contribution in [0.3, 0.4) is 0 Å². The number of amides is 2. The normalized spacial score (nSPS) is 16.4. The van der Waals surface area contributed by atoms with E-state index in [0.717, 1.165) is 62.3 Å². The van der Waals surface area contributed by atoms with Gasteiger partial charge in [0.1, 0.15) is 16.5 Å². The third kappa shape index (κ3) is 8.57. The Labute approximate surface area is 246 Å². The van der Waals surface area contributed by atoms with E-state index in [1.807, 2.05) is 22.4 Å². The monoisotopic (exact) mass is 605 g/mol. The van der Waals surface area contributed by atoms with Crippen LogP contribution in [0, 0.1) is 0 Å². The summed E-state index contributed by atoms with van der Waals surface area (Å²) < 4.78 is 31.1. The molecule has 0 atom stereocenters. The standard InChI is InChI=1S/C28H35N5O4S2.ClH/c1-39(35,36)31-23-7-11-26(12-8-23)37-25-9-5-21(6-10-25)19-32-16-13-24(14-17-32)33(20-27-29-15-18-38-27)28(34)30-22-3-2-4-22;/h5-12,15,18,22,24,31H,2-4,13-14,16-17,19-20H2,1H3,(H,30,34);1H. The van der Waals surface area contributed by atoms with Crippen LogP contribution >= 0.6 is 23.7 Å². The number of benzene rings is 2. The fraction of sp³-hybridized carbons (Fsp3) is 0.429. The molecule has 40 heavy (non-hydrogen) atoms. The van der Waals surface area contributed by atoms with Crippen molar-refractivity contribution in [2.45, 2.75) is 57.3 Å². The fourth-order valence-electron chi connectivity index (χ4n) is 4.91. The number of thiazole rings is 1. The fourth-order valence-corrected chi connectivity index (χ4v) is 6.08. The molecule has 9 nitrogen and oxygen atoms in total. The Hall–Kier alpha value is -2.86. The predicted molar refractivity (Wildman–Crippen MR) is 161 cm³/mol. The van der Waals surface area contributed by atoms with Gasteiger partial charge in [0.15, 0.2) is 0 Å². The van der Waals surface area contributed by atoms with Crippen LogP contribution in [0.4, 0.5) is 10.5 Å². The van der Waals surface area contributed by atoms with Gasteiger partial charge in [0.25, 0.3) is 0 Å². The Morgan fingerprint density at radius 1 is 1.05 bits per heavy atom. The lowest BCUT2D eigenvalue weighted by Gasteiger charge is -2.39. The van der Waals surface area contributed by atoms with Gasteiger partial charge in [-0.1, -0.05) is 12.1 Å². The van der Waals surface area contributed by atoms with Crippen molar-refractivity contribution in [1.29, 1.82) is 0 Å². The summed E-state index contributed by atoms with van der Waals surface area (Å²) in [5, 5.41) is 6.16. The molecule has 2 N–H and O–H groups in total. The van der Waals surface area contributed by atoms with Gasteiger partial charge in [0, 0.05) is 49.0 Å². The number of likely N-dealkylation sites (tertiary alicyclic amines) is 1. The molecule has 1 aromatic heterocycles. The van der Waals surface area contributed by atoms with Crippen molar-refractivity contribution in [2.75, 3.05) is 24.1 Å². The van der Waals surface area contributed by atoms with Crippen LogP contribution < -0.4 is 14.8 Å². The number of nitrogens with one attached hydrogen (secondary N) is 2. The largest absolute Gasteiger partial charge is 0.457 e. The summed E-state index contributed by atoms with van der Waals surface area (Å²) in [7, 11) is -3.31. The molecule has 1 saturated heterocycles. The van der Waals surface area contributed by atoms with Gasteiger partial charge >= 0.3 is 6.03 Å². The van der Waals surface area contributed by atoms with Gasteiger partial charge in [0.2, 0.25) is 10.0 Å². The van der Waals surface area contributed by atoms with E-state index in [1.54, 1.807) is 41.8 Å². The lowest BCUT2D eigenvalue weighted by Crippen LogP contribution is -2.53. The molecule has 1 aliphatic carbocycles. The lowest BCUT2D eigenvalue weighted by molar-refractivity contribution is 0.109. The molecular weight excluding hydrogens is 570 g/mol. The first-order valence-corrected chi connectivity index (χ1v) is 16.1. The van der Waals surface area contributed by atoms with E-state index >= 15 is 0 Å². The van der Waals surface area contributed by atoms with Crippen molar-refractivity contribution < 1.29 is 17.9 Å². The highest BCUT2D eigenvalue weighted by atomic mass is 35.5. The molecule has 5 rings (SSSR count). The maximum atomic E-state index is 13.1. The van der Waals surface area contributed by atoms with Crippen molar-refractivity contribution in [1.82, 2.24) is 20.1 Å². The first kappa shape index (κ1) is 30.1. The number of hydrogen-bond acceptors (Lipinski definition) is 7. The molecule has 3 aromatic rings. The average Bonchev–Trinajstić information content (AvgIpc) is 3.40. The molecular formula is C28H36ClN5O4S2. The zero-order valence-electron chi connectivity index (χ0n) is 22.5. The molecule has 12 heteroatoms. The smallest absolute Gasteiger partial charge is 0.318 e. The second-order valence-electron chi connectivity index (χ2n) is 10.3. The van der Waals surface area contributed by atoms with Gasteiger partial charge in [-0.15, -0.1) is 23.7 Å². The summed E-state index contributed by atoms with van der Waals surface area (Å²) in [5.74, 6) is 1.35. The van der Waals surface area contributed by atoms with Crippen LogP contribution in [-0.2, 0) is 23.1 Å². The van der Waals surface area contributed by atoms with Gasteiger partial charge < -0.3 is 15.0 Å². The molecule has 216 valence electrons. The number of nitrogens with zero attached hydrogens (tertiary/aromatic N) is 3. The number of ether oxygens (including phenoxy) is 1. The number of halogens is 1. The lowest BCUT2D eigenvalue weighted by atomic mass is 9.93. The second kappa shape index (κ2) is 13.7. The first-order chi connectivity index (χ1) is 18.8. The highest BCUT2D eigenvalue weighted by Crippen LogP contribution is 2.26. The molecule has 2 fully saturated rings. The minimum atomic E-state index is -3.31. The zero-order valence-corrected chi connectivity index (χ0v) is 24.9. The highest BCUT2D eigenvalue weighted by Gasteiger charge is 2.30. The van der Waals surface area contributed by atoms with E-state index in [1.165, 1.54) is 12.0 Å². The van der Waals surface area contributed by atoms with E-state index < -0.39 is 10.0 Å². The van der Waals surface area contributed by atoms with Crippen LogP contribution in [0.2, 0.25) is 0 Å². The van der Waals surface area contributed by atoms with Crippen LogP contribution in [0.5, 0.6) is 11.5 Å². The van der Waals surface area contributed by atoms with Crippen molar-refractivity contribution in [3.8, 4) is 11.5 Å². The van der Waals surface area contributed by atoms with Crippen molar-refractivity contribution >= 4 is 45.5 Å². The number of hydrogen-bond donors (Lipinski definition) is 2. The molecule has 2 aliphatic rings. The maximum Gasteiger partial charge on any atom is 0.318 e. The number of sulfonamides is 1. The summed E-state index contributed by atoms with van der Waals surface area (Å²) in [6.07, 6.45) is 8.15. The molecule has 2 heterocycles. The van der Waals surface area contributed by atoms with E-state index in [4.69, 9.17) is 4.74 Å². The molecule has 0 radical (unpaired) electrons. The molecule has 2 amide bonds. The molecule has 0 spiro atoms. The van der Waals surface area contributed by atoms with Crippen LogP contribution in [0.25, 0.3) is 0 Å². The minimum Gasteiger partial charge on any atom is -0.457 e. The second-order valence-corrected chi connectivity index (χ2v) is 13.0. The van der Waals surface area contributed by atoms with Gasteiger partial charge in [-0.05, 0) is 74.1 Å². The van der Waals surface area contributed by atoms with E-state index in [2.05, 4.69) is 32.1 Å². The highest BCUT2D eigenvalue weighted by molar-refractivity contribution is 7.92. The summed E-state index contributed by atoms with van der Waals surface area (Å²) in [4.78, 5) is 22.0. The molecule has 0 unspecified atom stereocenters. The zero-order chi connectivity index (χ0) is 27.2. The van der Waals surface area contributed by atoms with Crippen molar-refractivity contribution in [2.24, 2.45) is 0 Å². The van der Waals surface area contributed by atoms with Gasteiger partial charge in [-0.3, -0.25) is 9.62 Å². The Morgan fingerprint density at radius 3 is 2.25 bits per heavy atom. The number of urea groups is 1. The van der Waals surface area contributed by atoms with Crippen LogP contribution in [0.1, 0.15) is 42.7 Å². The maximum absolute atomic E-state index is 13.1. The minimum absolute atomic E-state index is 0. The molecule has 2 aromatic carbocycles. The third-order valence-electron chi connectivity index (χ3n) is 7.20. The Balaban J connectivity index is 0.00000370. The predicted octanol–water partition coefficient (Wildman–Crippen LogP) is 5.46. The van der Waals surface area contributed by atoms with Crippen molar-refractivity contribution in [3.05, 3.63) is 70.7 Å². The van der Waals surface area contributed by atoms with Gasteiger partial charge in [-0.25, -0.2) is 18.2 Å². The van der Waals surface area contributed by atoms with Crippen molar-refractivity contribution in [3.63, 3.8) is 0 Å². The quantitative estimate of drug-likeness (QED) is 0.318. The topological polar surface area (TPSA) is 104 Å². The molecule has 1 aliphatic heterocycles. The average molecular weight is 606 g/mol. The van der Waals surface area contributed by atoms with Gasteiger partial charge in [0.05, 0.1) is 12.8 Å². The Kier molecular flexibility index (Phi) is 10.3. The third-order valence-corrected chi connectivity index (χ3v) is 8.57. The molecule has 1 saturated carbocycles.